The van der Waals surface area contributed by atoms with Crippen LogP contribution in [0.25, 0.3) is 0 Å². The average Bonchev–Trinajstić information content (AvgIpc) is 2.27. The highest BCUT2D eigenvalue weighted by Crippen LogP contribution is 2.07. The summed E-state index contributed by atoms with van der Waals surface area (Å²) in [6.45, 7) is 5.69. The molecule has 0 bridgehead atoms. The Morgan fingerprint density at radius 1 is 1.40 bits per heavy atom. The molecule has 0 unspecified atom stereocenters. The van der Waals surface area contributed by atoms with Crippen molar-refractivity contribution in [3.8, 4) is 0 Å². The SMILES string of the molecule is C=CCNc1cc(NCCOC)ncn1. The lowest BCUT2D eigenvalue weighted by Crippen LogP contribution is -2.09. The highest BCUT2D eigenvalue weighted by atomic mass is 16.5. The van der Waals surface area contributed by atoms with Gasteiger partial charge in [-0.05, 0) is 0 Å². The third-order valence-corrected chi connectivity index (χ3v) is 1.71. The highest BCUT2D eigenvalue weighted by molar-refractivity contribution is 5.46. The van der Waals surface area contributed by atoms with Crippen molar-refractivity contribution in [2.24, 2.45) is 0 Å². The minimum Gasteiger partial charge on any atom is -0.383 e. The molecule has 5 heteroatoms. The molecule has 0 saturated carbocycles. The lowest BCUT2D eigenvalue weighted by molar-refractivity contribution is 0.210. The summed E-state index contributed by atoms with van der Waals surface area (Å²) in [6, 6.07) is 1.85. The Kier molecular flexibility index (Phi) is 5.18. The van der Waals surface area contributed by atoms with Gasteiger partial charge in [0, 0.05) is 26.3 Å². The zero-order chi connectivity index (χ0) is 10.9. The summed E-state index contributed by atoms with van der Waals surface area (Å²) in [4.78, 5) is 8.14. The number of methoxy groups -OCH3 is 1. The van der Waals surface area contributed by atoms with E-state index in [1.54, 1.807) is 13.2 Å². The quantitative estimate of drug-likeness (QED) is 0.519. The minimum absolute atomic E-state index is 0.652. The fourth-order valence-corrected chi connectivity index (χ4v) is 1.01. The number of ether oxygens (including phenoxy) is 1. The molecule has 1 aromatic rings. The van der Waals surface area contributed by atoms with Gasteiger partial charge in [-0.3, -0.25) is 0 Å². The molecule has 2 N–H and O–H groups in total. The zero-order valence-corrected chi connectivity index (χ0v) is 8.86. The van der Waals surface area contributed by atoms with Crippen LogP contribution in [0.1, 0.15) is 0 Å². The molecule has 0 fully saturated rings. The van der Waals surface area contributed by atoms with E-state index in [1.807, 2.05) is 6.07 Å². The van der Waals surface area contributed by atoms with Crippen molar-refractivity contribution in [2.45, 2.75) is 0 Å². The smallest absolute Gasteiger partial charge is 0.131 e. The molecule has 0 amide bonds. The van der Waals surface area contributed by atoms with Crippen molar-refractivity contribution in [1.82, 2.24) is 9.97 Å². The summed E-state index contributed by atoms with van der Waals surface area (Å²) in [7, 11) is 1.67. The van der Waals surface area contributed by atoms with Crippen molar-refractivity contribution in [3.63, 3.8) is 0 Å². The average molecular weight is 208 g/mol. The van der Waals surface area contributed by atoms with Gasteiger partial charge in [-0.2, -0.15) is 0 Å². The molecule has 15 heavy (non-hydrogen) atoms. The Morgan fingerprint density at radius 3 is 2.80 bits per heavy atom. The van der Waals surface area contributed by atoms with E-state index < -0.39 is 0 Å². The fraction of sp³-hybridized carbons (Fsp3) is 0.400. The second-order valence-corrected chi connectivity index (χ2v) is 2.88. The molecule has 5 nitrogen and oxygen atoms in total. The van der Waals surface area contributed by atoms with Crippen LogP contribution in [0.3, 0.4) is 0 Å². The molecule has 0 aliphatic heterocycles. The predicted octanol–water partition coefficient (Wildman–Crippen LogP) is 1.13. The summed E-state index contributed by atoms with van der Waals surface area (Å²) in [5.74, 6) is 1.57. The largest absolute Gasteiger partial charge is 0.383 e. The lowest BCUT2D eigenvalue weighted by atomic mass is 10.5. The molecule has 0 atom stereocenters. The van der Waals surface area contributed by atoms with E-state index in [9.17, 15) is 0 Å². The van der Waals surface area contributed by atoms with Gasteiger partial charge in [0.25, 0.3) is 0 Å². The first-order valence-electron chi connectivity index (χ1n) is 4.76. The van der Waals surface area contributed by atoms with E-state index in [0.717, 1.165) is 18.2 Å². The van der Waals surface area contributed by atoms with Crippen LogP contribution in [0.5, 0.6) is 0 Å². The lowest BCUT2D eigenvalue weighted by Gasteiger charge is -2.06. The minimum atomic E-state index is 0.652. The monoisotopic (exact) mass is 208 g/mol. The molecule has 1 aromatic heterocycles. The Labute approximate surface area is 89.6 Å². The van der Waals surface area contributed by atoms with E-state index in [4.69, 9.17) is 4.74 Å². The molecule has 82 valence electrons. The second-order valence-electron chi connectivity index (χ2n) is 2.88. The fourth-order valence-electron chi connectivity index (χ4n) is 1.01. The van der Waals surface area contributed by atoms with E-state index in [0.29, 0.717) is 13.2 Å². The normalized spacial score (nSPS) is 9.67. The number of rotatable bonds is 7. The summed E-state index contributed by atoms with van der Waals surface area (Å²) in [5.41, 5.74) is 0. The Morgan fingerprint density at radius 2 is 2.13 bits per heavy atom. The van der Waals surface area contributed by atoms with E-state index in [2.05, 4.69) is 27.2 Å². The van der Waals surface area contributed by atoms with Crippen molar-refractivity contribution >= 4 is 11.6 Å². The number of hydrogen-bond donors (Lipinski definition) is 2. The van der Waals surface area contributed by atoms with Crippen molar-refractivity contribution < 1.29 is 4.74 Å². The number of anilines is 2. The Balaban J connectivity index is 2.46. The molecule has 1 rings (SSSR count). The maximum absolute atomic E-state index is 4.92. The first-order valence-corrected chi connectivity index (χ1v) is 4.76. The molecule has 0 saturated heterocycles. The molecule has 1 heterocycles. The summed E-state index contributed by atoms with van der Waals surface area (Å²) in [5, 5.41) is 6.21. The van der Waals surface area contributed by atoms with Gasteiger partial charge in [0.1, 0.15) is 18.0 Å². The maximum Gasteiger partial charge on any atom is 0.131 e. The summed E-state index contributed by atoms with van der Waals surface area (Å²) >= 11 is 0. The van der Waals surface area contributed by atoms with E-state index in [1.165, 1.54) is 6.33 Å². The summed E-state index contributed by atoms with van der Waals surface area (Å²) < 4.78 is 4.92. The van der Waals surface area contributed by atoms with Gasteiger partial charge < -0.3 is 15.4 Å². The van der Waals surface area contributed by atoms with Gasteiger partial charge in [-0.15, -0.1) is 6.58 Å². The molecule has 0 radical (unpaired) electrons. The van der Waals surface area contributed by atoms with Crippen LogP contribution >= 0.6 is 0 Å². The van der Waals surface area contributed by atoms with Gasteiger partial charge in [-0.25, -0.2) is 9.97 Å². The standard InChI is InChI=1S/C10H16N4O/c1-3-4-11-9-7-10(14-8-13-9)12-5-6-15-2/h3,7-8H,1,4-6H2,2H3,(H2,11,12,13,14). The number of aromatic nitrogens is 2. The number of nitrogens with zero attached hydrogens (tertiary/aromatic N) is 2. The molecular formula is C10H16N4O. The topological polar surface area (TPSA) is 59.1 Å². The van der Waals surface area contributed by atoms with Crippen LogP contribution < -0.4 is 10.6 Å². The van der Waals surface area contributed by atoms with Crippen molar-refractivity contribution in [1.29, 1.82) is 0 Å². The predicted molar refractivity (Wildman–Crippen MR) is 61.1 cm³/mol. The van der Waals surface area contributed by atoms with Crippen LogP contribution in [0, 0.1) is 0 Å². The van der Waals surface area contributed by atoms with E-state index >= 15 is 0 Å². The van der Waals surface area contributed by atoms with Crippen LogP contribution in [0.15, 0.2) is 25.0 Å². The van der Waals surface area contributed by atoms with Crippen LogP contribution in [-0.2, 0) is 4.74 Å². The molecule has 0 aromatic carbocycles. The Bertz CT molecular complexity index is 303. The second kappa shape index (κ2) is 6.78. The maximum atomic E-state index is 4.92. The van der Waals surface area contributed by atoms with Gasteiger partial charge in [0.2, 0.25) is 0 Å². The first-order chi connectivity index (χ1) is 7.36. The molecule has 0 aliphatic rings. The van der Waals surface area contributed by atoms with Gasteiger partial charge >= 0.3 is 0 Å². The van der Waals surface area contributed by atoms with Crippen LogP contribution in [-0.4, -0.2) is 36.8 Å². The highest BCUT2D eigenvalue weighted by Gasteiger charge is 1.96. The molecular weight excluding hydrogens is 192 g/mol. The Hall–Kier alpha value is -1.62. The van der Waals surface area contributed by atoms with Gasteiger partial charge in [0.05, 0.1) is 6.61 Å². The molecule has 0 aliphatic carbocycles. The first kappa shape index (κ1) is 11.5. The van der Waals surface area contributed by atoms with Crippen molar-refractivity contribution in [3.05, 3.63) is 25.0 Å². The van der Waals surface area contributed by atoms with Gasteiger partial charge in [0.15, 0.2) is 0 Å². The third kappa shape index (κ3) is 4.42. The van der Waals surface area contributed by atoms with Gasteiger partial charge in [-0.1, -0.05) is 6.08 Å². The van der Waals surface area contributed by atoms with E-state index in [-0.39, 0.29) is 0 Å². The number of hydrogen-bond acceptors (Lipinski definition) is 5. The zero-order valence-electron chi connectivity index (χ0n) is 8.86. The summed E-state index contributed by atoms with van der Waals surface area (Å²) in [6.07, 6.45) is 3.29. The molecule has 0 spiro atoms. The third-order valence-electron chi connectivity index (χ3n) is 1.71. The number of nitrogens with one attached hydrogen (secondary N) is 2. The van der Waals surface area contributed by atoms with Crippen molar-refractivity contribution in [2.75, 3.05) is 37.4 Å². The van der Waals surface area contributed by atoms with Crippen LogP contribution in [0.4, 0.5) is 11.6 Å². The van der Waals surface area contributed by atoms with Crippen LogP contribution in [0.2, 0.25) is 0 Å².